The smallest absolute Gasteiger partial charge is 0.0126 e. The van der Waals surface area contributed by atoms with E-state index < -0.39 is 0 Å². The van der Waals surface area contributed by atoms with E-state index in [1.54, 1.807) is 0 Å². The molecule has 1 heteroatoms. The van der Waals surface area contributed by atoms with Gasteiger partial charge in [0, 0.05) is 5.54 Å². The Hall–Kier alpha value is -0.0400. The molecule has 0 aromatic carbocycles. The van der Waals surface area contributed by atoms with Gasteiger partial charge in [-0.05, 0) is 38.5 Å². The second kappa shape index (κ2) is 4.27. The van der Waals surface area contributed by atoms with Crippen LogP contribution in [0.5, 0.6) is 0 Å². The van der Waals surface area contributed by atoms with Crippen molar-refractivity contribution in [2.75, 3.05) is 0 Å². The molecule has 0 saturated heterocycles. The molecule has 1 aliphatic rings. The van der Waals surface area contributed by atoms with Gasteiger partial charge >= 0.3 is 0 Å². The van der Waals surface area contributed by atoms with Crippen molar-refractivity contribution in [2.24, 2.45) is 11.7 Å². The normalized spacial score (nSPS) is 36.8. The predicted octanol–water partition coefficient (Wildman–Crippen LogP) is 3.08. The molecule has 0 radical (unpaired) electrons. The Balaban J connectivity index is 2.18. The molecule has 0 aromatic heterocycles. The number of rotatable bonds is 3. The average molecular weight is 169 g/mol. The van der Waals surface area contributed by atoms with Gasteiger partial charge in [0.1, 0.15) is 0 Å². The first kappa shape index (κ1) is 10.0. The fraction of sp³-hybridized carbons (Fsp3) is 1.00. The zero-order valence-corrected chi connectivity index (χ0v) is 8.60. The molecule has 0 amide bonds. The Morgan fingerprint density at radius 3 is 2.42 bits per heavy atom. The number of unbranched alkanes of at least 4 members (excludes halogenated alkanes) is 1. The number of hydrogen-bond donors (Lipinski definition) is 1. The van der Waals surface area contributed by atoms with Crippen LogP contribution in [0.1, 0.15) is 58.8 Å². The van der Waals surface area contributed by atoms with Crippen LogP contribution >= 0.6 is 0 Å². The molecule has 0 spiro atoms. The van der Waals surface area contributed by atoms with Gasteiger partial charge in [0.05, 0.1) is 0 Å². The highest BCUT2D eigenvalue weighted by atomic mass is 14.7. The van der Waals surface area contributed by atoms with Gasteiger partial charge in [0.15, 0.2) is 0 Å². The first-order chi connectivity index (χ1) is 5.64. The average Bonchev–Trinajstić information content (AvgIpc) is 2.03. The molecule has 1 rings (SSSR count). The van der Waals surface area contributed by atoms with Gasteiger partial charge in [-0.1, -0.05) is 26.2 Å². The lowest BCUT2D eigenvalue weighted by molar-refractivity contribution is 0.238. The van der Waals surface area contributed by atoms with Crippen LogP contribution in [-0.2, 0) is 0 Å². The van der Waals surface area contributed by atoms with Gasteiger partial charge in [0.2, 0.25) is 0 Å². The summed E-state index contributed by atoms with van der Waals surface area (Å²) in [5, 5.41) is 0. The quantitative estimate of drug-likeness (QED) is 0.690. The topological polar surface area (TPSA) is 26.0 Å². The SMILES string of the molecule is CCCCC1CCC(C)(N)CC1. The molecule has 1 fully saturated rings. The lowest BCUT2D eigenvalue weighted by Gasteiger charge is -2.34. The van der Waals surface area contributed by atoms with Crippen molar-refractivity contribution in [3.05, 3.63) is 0 Å². The van der Waals surface area contributed by atoms with Gasteiger partial charge in [-0.15, -0.1) is 0 Å². The maximum Gasteiger partial charge on any atom is 0.0126 e. The van der Waals surface area contributed by atoms with Crippen molar-refractivity contribution in [1.29, 1.82) is 0 Å². The maximum absolute atomic E-state index is 6.07. The van der Waals surface area contributed by atoms with Crippen molar-refractivity contribution in [1.82, 2.24) is 0 Å². The van der Waals surface area contributed by atoms with Crippen molar-refractivity contribution in [2.45, 2.75) is 64.3 Å². The Kier molecular flexibility index (Phi) is 3.57. The monoisotopic (exact) mass is 169 g/mol. The molecule has 0 heterocycles. The van der Waals surface area contributed by atoms with Gasteiger partial charge in [-0.25, -0.2) is 0 Å². The minimum atomic E-state index is 0.155. The summed E-state index contributed by atoms with van der Waals surface area (Å²) >= 11 is 0. The van der Waals surface area contributed by atoms with Gasteiger partial charge in [-0.3, -0.25) is 0 Å². The summed E-state index contributed by atoms with van der Waals surface area (Å²) in [5.41, 5.74) is 6.22. The highest BCUT2D eigenvalue weighted by molar-refractivity contribution is 4.85. The van der Waals surface area contributed by atoms with Gasteiger partial charge < -0.3 is 5.73 Å². The van der Waals surface area contributed by atoms with Crippen molar-refractivity contribution in [3.8, 4) is 0 Å². The zero-order chi connectivity index (χ0) is 9.03. The van der Waals surface area contributed by atoms with E-state index in [0.717, 1.165) is 5.92 Å². The fourth-order valence-electron chi connectivity index (χ4n) is 2.12. The number of hydrogen-bond acceptors (Lipinski definition) is 1. The molecular formula is C11H23N. The number of nitrogens with two attached hydrogens (primary N) is 1. The summed E-state index contributed by atoms with van der Waals surface area (Å²) in [6, 6.07) is 0. The lowest BCUT2D eigenvalue weighted by Crippen LogP contribution is -2.39. The molecular weight excluding hydrogens is 146 g/mol. The summed E-state index contributed by atoms with van der Waals surface area (Å²) in [7, 11) is 0. The summed E-state index contributed by atoms with van der Waals surface area (Å²) in [6.45, 7) is 4.47. The molecule has 0 aliphatic heterocycles. The van der Waals surface area contributed by atoms with Crippen molar-refractivity contribution < 1.29 is 0 Å². The molecule has 0 bridgehead atoms. The third-order valence-corrected chi connectivity index (χ3v) is 3.21. The van der Waals surface area contributed by atoms with Crippen molar-refractivity contribution in [3.63, 3.8) is 0 Å². The maximum atomic E-state index is 6.07. The fourth-order valence-corrected chi connectivity index (χ4v) is 2.12. The van der Waals surface area contributed by atoms with Gasteiger partial charge in [0.25, 0.3) is 0 Å². The summed E-state index contributed by atoms with van der Waals surface area (Å²) in [4.78, 5) is 0. The van der Waals surface area contributed by atoms with E-state index in [-0.39, 0.29) is 5.54 Å². The van der Waals surface area contributed by atoms with E-state index in [1.807, 2.05) is 0 Å². The lowest BCUT2D eigenvalue weighted by atomic mass is 9.77. The van der Waals surface area contributed by atoms with Gasteiger partial charge in [-0.2, -0.15) is 0 Å². The highest BCUT2D eigenvalue weighted by Gasteiger charge is 2.26. The Bertz CT molecular complexity index is 119. The molecule has 0 unspecified atom stereocenters. The minimum absolute atomic E-state index is 0.155. The third kappa shape index (κ3) is 3.14. The molecule has 0 aromatic rings. The Labute approximate surface area is 76.7 Å². The zero-order valence-electron chi connectivity index (χ0n) is 8.60. The van der Waals surface area contributed by atoms with E-state index in [0.29, 0.717) is 0 Å². The van der Waals surface area contributed by atoms with E-state index >= 15 is 0 Å². The van der Waals surface area contributed by atoms with Crippen LogP contribution in [-0.4, -0.2) is 5.54 Å². The standard InChI is InChI=1S/C11H23N/c1-3-4-5-10-6-8-11(2,12)9-7-10/h10H,3-9,12H2,1-2H3. The molecule has 0 atom stereocenters. The van der Waals surface area contributed by atoms with E-state index in [4.69, 9.17) is 5.73 Å². The first-order valence-corrected chi connectivity index (χ1v) is 5.43. The Morgan fingerprint density at radius 1 is 1.33 bits per heavy atom. The second-order valence-corrected chi connectivity index (χ2v) is 4.74. The first-order valence-electron chi connectivity index (χ1n) is 5.43. The third-order valence-electron chi connectivity index (χ3n) is 3.21. The molecule has 1 aliphatic carbocycles. The van der Waals surface area contributed by atoms with Crippen LogP contribution in [0.3, 0.4) is 0 Å². The molecule has 2 N–H and O–H groups in total. The molecule has 72 valence electrons. The summed E-state index contributed by atoms with van der Waals surface area (Å²) < 4.78 is 0. The van der Waals surface area contributed by atoms with Crippen molar-refractivity contribution >= 4 is 0 Å². The minimum Gasteiger partial charge on any atom is -0.325 e. The molecule has 1 nitrogen and oxygen atoms in total. The summed E-state index contributed by atoms with van der Waals surface area (Å²) in [6.07, 6.45) is 9.40. The molecule has 1 saturated carbocycles. The largest absolute Gasteiger partial charge is 0.325 e. The highest BCUT2D eigenvalue weighted by Crippen LogP contribution is 2.32. The van der Waals surface area contributed by atoms with Crippen LogP contribution in [0.2, 0.25) is 0 Å². The van der Waals surface area contributed by atoms with E-state index in [1.165, 1.54) is 44.9 Å². The van der Waals surface area contributed by atoms with E-state index in [2.05, 4.69) is 13.8 Å². The molecule has 12 heavy (non-hydrogen) atoms. The Morgan fingerprint density at radius 2 is 1.92 bits per heavy atom. The van der Waals surface area contributed by atoms with E-state index in [9.17, 15) is 0 Å². The van der Waals surface area contributed by atoms with Crippen LogP contribution in [0.4, 0.5) is 0 Å². The van der Waals surface area contributed by atoms with Crippen LogP contribution < -0.4 is 5.73 Å². The van der Waals surface area contributed by atoms with Crippen LogP contribution in [0.15, 0.2) is 0 Å². The second-order valence-electron chi connectivity index (χ2n) is 4.74. The summed E-state index contributed by atoms with van der Waals surface area (Å²) in [5.74, 6) is 0.988. The van der Waals surface area contributed by atoms with Crippen LogP contribution in [0.25, 0.3) is 0 Å². The predicted molar refractivity (Wildman–Crippen MR) is 54.1 cm³/mol. The van der Waals surface area contributed by atoms with Crippen LogP contribution in [0, 0.1) is 5.92 Å².